The number of hydrogen-bond acceptors (Lipinski definition) is 2. The summed E-state index contributed by atoms with van der Waals surface area (Å²) in [4.78, 5) is 16.2. The molecular formula is C10H16N2O. The van der Waals surface area contributed by atoms with E-state index >= 15 is 0 Å². The Morgan fingerprint density at radius 2 is 2.23 bits per heavy atom. The first-order chi connectivity index (χ1) is 6.18. The normalized spacial score (nSPS) is 32.8. The lowest BCUT2D eigenvalue weighted by atomic mass is 10.00. The summed E-state index contributed by atoms with van der Waals surface area (Å²) in [6.45, 7) is 4.13. The van der Waals surface area contributed by atoms with Crippen LogP contribution in [-0.2, 0) is 4.79 Å². The molecular weight excluding hydrogens is 164 g/mol. The van der Waals surface area contributed by atoms with Gasteiger partial charge < -0.3 is 5.32 Å². The van der Waals surface area contributed by atoms with E-state index in [2.05, 4.69) is 24.2 Å². The van der Waals surface area contributed by atoms with Crippen LogP contribution in [0.25, 0.3) is 0 Å². The van der Waals surface area contributed by atoms with Gasteiger partial charge in [-0.25, -0.2) is 0 Å². The quantitative estimate of drug-likeness (QED) is 0.650. The van der Waals surface area contributed by atoms with E-state index in [1.807, 2.05) is 0 Å². The Balaban J connectivity index is 2.21. The van der Waals surface area contributed by atoms with Gasteiger partial charge in [0, 0.05) is 5.92 Å². The molecule has 0 aromatic rings. The van der Waals surface area contributed by atoms with E-state index in [0.717, 1.165) is 25.1 Å². The zero-order valence-corrected chi connectivity index (χ0v) is 8.21. The topological polar surface area (TPSA) is 41.5 Å². The van der Waals surface area contributed by atoms with Crippen LogP contribution in [0.2, 0.25) is 0 Å². The van der Waals surface area contributed by atoms with E-state index in [-0.39, 0.29) is 17.9 Å². The molecule has 0 saturated heterocycles. The van der Waals surface area contributed by atoms with Crippen LogP contribution in [0.5, 0.6) is 0 Å². The molecule has 2 rings (SSSR count). The SMILES string of the molecule is CC(C)C1=N[C@H]2CCC[C@H]2C(=O)N1. The first-order valence-electron chi connectivity index (χ1n) is 5.07. The highest BCUT2D eigenvalue weighted by molar-refractivity contribution is 6.02. The van der Waals surface area contributed by atoms with Crippen LogP contribution in [0.1, 0.15) is 33.1 Å². The molecule has 1 aliphatic carbocycles. The Kier molecular flexibility index (Phi) is 2.10. The van der Waals surface area contributed by atoms with Crippen molar-refractivity contribution in [3.8, 4) is 0 Å². The molecule has 1 amide bonds. The van der Waals surface area contributed by atoms with Crippen molar-refractivity contribution in [2.24, 2.45) is 16.8 Å². The van der Waals surface area contributed by atoms with Crippen LogP contribution in [0, 0.1) is 11.8 Å². The average Bonchev–Trinajstić information content (AvgIpc) is 2.51. The molecule has 13 heavy (non-hydrogen) atoms. The number of carbonyl (C=O) groups is 1. The van der Waals surface area contributed by atoms with Gasteiger partial charge in [-0.15, -0.1) is 0 Å². The van der Waals surface area contributed by atoms with Crippen molar-refractivity contribution in [1.82, 2.24) is 5.32 Å². The van der Waals surface area contributed by atoms with Crippen LogP contribution in [-0.4, -0.2) is 17.8 Å². The van der Waals surface area contributed by atoms with E-state index < -0.39 is 0 Å². The van der Waals surface area contributed by atoms with Crippen molar-refractivity contribution in [1.29, 1.82) is 0 Å². The second-order valence-corrected chi connectivity index (χ2v) is 4.26. The molecule has 2 aliphatic rings. The maximum Gasteiger partial charge on any atom is 0.230 e. The lowest BCUT2D eigenvalue weighted by Crippen LogP contribution is -2.45. The number of hydrogen-bond donors (Lipinski definition) is 1. The van der Waals surface area contributed by atoms with Gasteiger partial charge >= 0.3 is 0 Å². The summed E-state index contributed by atoms with van der Waals surface area (Å²) in [7, 11) is 0. The molecule has 3 heteroatoms. The molecule has 2 atom stereocenters. The first kappa shape index (κ1) is 8.73. The molecule has 1 aliphatic heterocycles. The number of nitrogens with zero attached hydrogens (tertiary/aromatic N) is 1. The standard InChI is InChI=1S/C10H16N2O/c1-6(2)9-11-8-5-3-4-7(8)10(13)12-9/h6-8H,3-5H2,1-2H3,(H,11,12,13)/t7-,8+/m1/s1. The van der Waals surface area contributed by atoms with Gasteiger partial charge in [0.15, 0.2) is 0 Å². The molecule has 1 saturated carbocycles. The smallest absolute Gasteiger partial charge is 0.230 e. The summed E-state index contributed by atoms with van der Waals surface area (Å²) in [6.07, 6.45) is 3.26. The Bertz CT molecular complexity index is 258. The Labute approximate surface area is 78.6 Å². The molecule has 1 N–H and O–H groups in total. The van der Waals surface area contributed by atoms with Crippen molar-refractivity contribution in [3.63, 3.8) is 0 Å². The van der Waals surface area contributed by atoms with Gasteiger partial charge in [-0.3, -0.25) is 9.79 Å². The Morgan fingerprint density at radius 1 is 1.46 bits per heavy atom. The van der Waals surface area contributed by atoms with Gasteiger partial charge in [-0.2, -0.15) is 0 Å². The van der Waals surface area contributed by atoms with Crippen molar-refractivity contribution in [2.75, 3.05) is 0 Å². The molecule has 1 fully saturated rings. The monoisotopic (exact) mass is 180 g/mol. The van der Waals surface area contributed by atoms with E-state index in [1.54, 1.807) is 0 Å². The summed E-state index contributed by atoms with van der Waals surface area (Å²) < 4.78 is 0. The average molecular weight is 180 g/mol. The minimum absolute atomic E-state index is 0.169. The molecule has 3 nitrogen and oxygen atoms in total. The zero-order chi connectivity index (χ0) is 9.42. The van der Waals surface area contributed by atoms with E-state index in [0.29, 0.717) is 5.92 Å². The molecule has 0 aromatic carbocycles. The van der Waals surface area contributed by atoms with Gasteiger partial charge in [-0.05, 0) is 12.8 Å². The van der Waals surface area contributed by atoms with Crippen LogP contribution >= 0.6 is 0 Å². The van der Waals surface area contributed by atoms with E-state index in [4.69, 9.17) is 0 Å². The highest BCUT2D eigenvalue weighted by Gasteiger charge is 2.36. The summed E-state index contributed by atoms with van der Waals surface area (Å²) in [5.74, 6) is 1.59. The number of amidine groups is 1. The van der Waals surface area contributed by atoms with Gasteiger partial charge in [0.2, 0.25) is 5.91 Å². The van der Waals surface area contributed by atoms with Gasteiger partial charge in [0.05, 0.1) is 12.0 Å². The number of carbonyl (C=O) groups excluding carboxylic acids is 1. The van der Waals surface area contributed by atoms with Crippen molar-refractivity contribution >= 4 is 11.7 Å². The molecule has 0 unspecified atom stereocenters. The summed E-state index contributed by atoms with van der Waals surface area (Å²) >= 11 is 0. The van der Waals surface area contributed by atoms with Gasteiger partial charge in [0.1, 0.15) is 5.84 Å². The molecule has 0 spiro atoms. The molecule has 0 radical (unpaired) electrons. The molecule has 0 aromatic heterocycles. The molecule has 72 valence electrons. The fraction of sp³-hybridized carbons (Fsp3) is 0.800. The van der Waals surface area contributed by atoms with Gasteiger partial charge in [0.25, 0.3) is 0 Å². The Morgan fingerprint density at radius 3 is 2.92 bits per heavy atom. The predicted molar refractivity (Wildman–Crippen MR) is 51.5 cm³/mol. The zero-order valence-electron chi connectivity index (χ0n) is 8.21. The predicted octanol–water partition coefficient (Wildman–Crippen LogP) is 1.34. The van der Waals surface area contributed by atoms with Crippen LogP contribution in [0.3, 0.4) is 0 Å². The van der Waals surface area contributed by atoms with E-state index in [9.17, 15) is 4.79 Å². The van der Waals surface area contributed by atoms with Crippen molar-refractivity contribution in [3.05, 3.63) is 0 Å². The summed E-state index contributed by atoms with van der Waals surface area (Å²) in [6, 6.07) is 0.283. The maximum atomic E-state index is 11.6. The third-order valence-corrected chi connectivity index (χ3v) is 2.92. The third kappa shape index (κ3) is 1.47. The summed E-state index contributed by atoms with van der Waals surface area (Å²) in [5, 5.41) is 2.90. The number of rotatable bonds is 1. The second kappa shape index (κ2) is 3.13. The second-order valence-electron chi connectivity index (χ2n) is 4.26. The summed E-state index contributed by atoms with van der Waals surface area (Å²) in [5.41, 5.74) is 0. The van der Waals surface area contributed by atoms with Gasteiger partial charge in [-0.1, -0.05) is 20.3 Å². The Hall–Kier alpha value is -0.860. The van der Waals surface area contributed by atoms with Crippen molar-refractivity contribution in [2.45, 2.75) is 39.2 Å². The molecule has 1 heterocycles. The number of amides is 1. The fourth-order valence-corrected chi connectivity index (χ4v) is 2.12. The lowest BCUT2D eigenvalue weighted by Gasteiger charge is -2.25. The minimum atomic E-state index is 0.169. The first-order valence-corrected chi connectivity index (χ1v) is 5.07. The van der Waals surface area contributed by atoms with Crippen molar-refractivity contribution < 1.29 is 4.79 Å². The van der Waals surface area contributed by atoms with E-state index in [1.165, 1.54) is 0 Å². The minimum Gasteiger partial charge on any atom is -0.314 e. The number of fused-ring (bicyclic) bond motifs is 1. The highest BCUT2D eigenvalue weighted by Crippen LogP contribution is 2.30. The largest absolute Gasteiger partial charge is 0.314 e. The number of nitrogens with one attached hydrogen (secondary N) is 1. The molecule has 0 bridgehead atoms. The van der Waals surface area contributed by atoms with Crippen LogP contribution in [0.15, 0.2) is 4.99 Å². The number of aliphatic imine (C=N–C) groups is 1. The van der Waals surface area contributed by atoms with Crippen LogP contribution < -0.4 is 5.32 Å². The van der Waals surface area contributed by atoms with Crippen LogP contribution in [0.4, 0.5) is 0 Å². The third-order valence-electron chi connectivity index (χ3n) is 2.92. The maximum absolute atomic E-state index is 11.6. The fourth-order valence-electron chi connectivity index (χ4n) is 2.12. The highest BCUT2D eigenvalue weighted by atomic mass is 16.2. The lowest BCUT2D eigenvalue weighted by molar-refractivity contribution is -0.124.